The highest BCUT2D eigenvalue weighted by atomic mass is 32.2. The van der Waals surface area contributed by atoms with Gasteiger partial charge in [-0.2, -0.15) is 0 Å². The lowest BCUT2D eigenvalue weighted by atomic mass is 10.3. The van der Waals surface area contributed by atoms with Crippen LogP contribution in [0.3, 0.4) is 0 Å². The third-order valence-electron chi connectivity index (χ3n) is 3.70. The fraction of sp³-hybridized carbons (Fsp3) is 0.562. The number of nitrogens with zero attached hydrogens (tertiary/aromatic N) is 1. The molecule has 1 aliphatic heterocycles. The van der Waals surface area contributed by atoms with E-state index in [9.17, 15) is 13.2 Å². The van der Waals surface area contributed by atoms with Crippen molar-refractivity contribution in [2.45, 2.75) is 37.7 Å². The molecule has 1 aromatic carbocycles. The van der Waals surface area contributed by atoms with Crippen molar-refractivity contribution >= 4 is 21.7 Å². The first-order valence-corrected chi connectivity index (χ1v) is 9.68. The van der Waals surface area contributed by atoms with Gasteiger partial charge in [-0.25, -0.2) is 17.9 Å². The normalized spacial score (nSPS) is 18.9. The molecule has 0 aromatic heterocycles. The fourth-order valence-corrected chi connectivity index (χ4v) is 3.55. The molecule has 134 valence electrons. The van der Waals surface area contributed by atoms with Crippen LogP contribution in [-0.4, -0.2) is 51.7 Å². The second kappa shape index (κ2) is 8.46. The largest absolute Gasteiger partial charge is 0.377 e. The highest BCUT2D eigenvalue weighted by molar-refractivity contribution is 7.89. The maximum atomic E-state index is 12.3. The number of carbonyl (C=O) groups is 1. The van der Waals surface area contributed by atoms with Crippen LogP contribution in [0.15, 0.2) is 29.2 Å². The first-order chi connectivity index (χ1) is 11.4. The summed E-state index contributed by atoms with van der Waals surface area (Å²) in [4.78, 5) is 14.2. The molecule has 1 unspecified atom stereocenters. The number of hydrogen-bond acceptors (Lipinski definition) is 4. The van der Waals surface area contributed by atoms with E-state index in [4.69, 9.17) is 4.74 Å². The maximum absolute atomic E-state index is 12.3. The highest BCUT2D eigenvalue weighted by Crippen LogP contribution is 2.15. The van der Waals surface area contributed by atoms with Gasteiger partial charge in [0.25, 0.3) is 0 Å². The molecule has 0 spiro atoms. The Labute approximate surface area is 143 Å². The van der Waals surface area contributed by atoms with Crippen molar-refractivity contribution < 1.29 is 17.9 Å². The number of nitrogens with one attached hydrogen (secondary N) is 2. The molecule has 0 saturated carbocycles. The van der Waals surface area contributed by atoms with Crippen molar-refractivity contribution in [1.29, 1.82) is 0 Å². The number of anilines is 1. The Bertz CT molecular complexity index is 646. The van der Waals surface area contributed by atoms with E-state index in [0.29, 0.717) is 31.9 Å². The van der Waals surface area contributed by atoms with Gasteiger partial charge in [0, 0.05) is 31.9 Å². The van der Waals surface area contributed by atoms with E-state index < -0.39 is 10.0 Å². The van der Waals surface area contributed by atoms with E-state index in [1.165, 1.54) is 12.1 Å². The zero-order valence-corrected chi connectivity index (χ0v) is 14.9. The molecule has 0 bridgehead atoms. The molecule has 1 aromatic rings. The van der Waals surface area contributed by atoms with Crippen molar-refractivity contribution in [3.8, 4) is 0 Å². The molecule has 1 aliphatic rings. The average Bonchev–Trinajstić information content (AvgIpc) is 2.78. The number of urea groups is 1. The number of hydrogen-bond donors (Lipinski definition) is 2. The Hall–Kier alpha value is -1.64. The number of benzene rings is 1. The quantitative estimate of drug-likeness (QED) is 0.846. The van der Waals surface area contributed by atoms with Gasteiger partial charge in [-0.3, -0.25) is 0 Å². The molecular formula is C16H25N3O4S. The van der Waals surface area contributed by atoms with Gasteiger partial charge in [-0.05, 0) is 44.0 Å². The molecule has 0 radical (unpaired) electrons. The summed E-state index contributed by atoms with van der Waals surface area (Å²) in [7, 11) is -3.49. The van der Waals surface area contributed by atoms with Crippen LogP contribution < -0.4 is 10.0 Å². The number of rotatable bonds is 5. The van der Waals surface area contributed by atoms with Gasteiger partial charge in [0.15, 0.2) is 0 Å². The molecule has 0 aliphatic carbocycles. The minimum absolute atomic E-state index is 0.00964. The molecule has 2 N–H and O–H groups in total. The Morgan fingerprint density at radius 1 is 1.33 bits per heavy atom. The third-order valence-corrected chi connectivity index (χ3v) is 5.17. The van der Waals surface area contributed by atoms with E-state index in [1.54, 1.807) is 17.0 Å². The van der Waals surface area contributed by atoms with Crippen molar-refractivity contribution in [1.82, 2.24) is 9.62 Å². The topological polar surface area (TPSA) is 87.7 Å². The molecule has 2 amide bonds. The lowest BCUT2D eigenvalue weighted by Gasteiger charge is -2.22. The zero-order valence-electron chi connectivity index (χ0n) is 14.1. The van der Waals surface area contributed by atoms with Crippen molar-refractivity contribution in [2.75, 3.05) is 31.6 Å². The van der Waals surface area contributed by atoms with Crippen molar-refractivity contribution in [3.05, 3.63) is 24.3 Å². The summed E-state index contributed by atoms with van der Waals surface area (Å²) < 4.78 is 32.1. The van der Waals surface area contributed by atoms with Crippen LogP contribution in [0.4, 0.5) is 10.5 Å². The summed E-state index contributed by atoms with van der Waals surface area (Å²) >= 11 is 0. The van der Waals surface area contributed by atoms with Crippen LogP contribution >= 0.6 is 0 Å². The van der Waals surface area contributed by atoms with Gasteiger partial charge in [-0.1, -0.05) is 6.92 Å². The highest BCUT2D eigenvalue weighted by Gasteiger charge is 2.20. The van der Waals surface area contributed by atoms with E-state index in [2.05, 4.69) is 10.0 Å². The SMILES string of the molecule is CCCNS(=O)(=O)c1ccc(NC(=O)N2CCCOC(C)C2)cc1. The number of amides is 2. The summed E-state index contributed by atoms with van der Waals surface area (Å²) in [5.41, 5.74) is 0.562. The summed E-state index contributed by atoms with van der Waals surface area (Å²) in [5.74, 6) is 0. The molecule has 2 rings (SSSR count). The fourth-order valence-electron chi connectivity index (χ4n) is 2.42. The summed E-state index contributed by atoms with van der Waals surface area (Å²) in [6, 6.07) is 5.96. The van der Waals surface area contributed by atoms with Gasteiger partial charge in [0.05, 0.1) is 11.0 Å². The van der Waals surface area contributed by atoms with E-state index in [0.717, 1.165) is 12.8 Å². The number of carbonyl (C=O) groups excluding carboxylic acids is 1. The number of ether oxygens (including phenoxy) is 1. The van der Waals surface area contributed by atoms with Crippen LogP contribution in [0, 0.1) is 0 Å². The van der Waals surface area contributed by atoms with Gasteiger partial charge in [0.2, 0.25) is 10.0 Å². The monoisotopic (exact) mass is 355 g/mol. The minimum Gasteiger partial charge on any atom is -0.377 e. The van der Waals surface area contributed by atoms with Gasteiger partial charge >= 0.3 is 6.03 Å². The summed E-state index contributed by atoms with van der Waals surface area (Å²) in [5, 5.41) is 2.80. The average molecular weight is 355 g/mol. The van der Waals surface area contributed by atoms with Crippen molar-refractivity contribution in [2.24, 2.45) is 0 Å². The molecular weight excluding hydrogens is 330 g/mol. The smallest absolute Gasteiger partial charge is 0.321 e. The van der Waals surface area contributed by atoms with Gasteiger partial charge in [-0.15, -0.1) is 0 Å². The van der Waals surface area contributed by atoms with Gasteiger partial charge in [0.1, 0.15) is 0 Å². The predicted octanol–water partition coefficient (Wildman–Crippen LogP) is 2.02. The first kappa shape index (κ1) is 18.7. The first-order valence-electron chi connectivity index (χ1n) is 8.19. The second-order valence-electron chi connectivity index (χ2n) is 5.83. The van der Waals surface area contributed by atoms with E-state index >= 15 is 0 Å². The Morgan fingerprint density at radius 3 is 2.71 bits per heavy atom. The Kier molecular flexibility index (Phi) is 6.59. The predicted molar refractivity (Wildman–Crippen MR) is 92.5 cm³/mol. The van der Waals surface area contributed by atoms with Crippen LogP contribution in [0.2, 0.25) is 0 Å². The zero-order chi connectivity index (χ0) is 17.6. The molecule has 24 heavy (non-hydrogen) atoms. The second-order valence-corrected chi connectivity index (χ2v) is 7.60. The van der Waals surface area contributed by atoms with Crippen LogP contribution in [0.5, 0.6) is 0 Å². The van der Waals surface area contributed by atoms with Gasteiger partial charge < -0.3 is 15.0 Å². The maximum Gasteiger partial charge on any atom is 0.321 e. The third kappa shape index (κ3) is 5.19. The standard InChI is InChI=1S/C16H25N3O4S/c1-3-9-17-24(21,22)15-7-5-14(6-8-15)18-16(20)19-10-4-11-23-13(2)12-19/h5-8,13,17H,3-4,9-12H2,1-2H3,(H,18,20). The Balaban J connectivity index is 1.99. The molecule has 8 heteroatoms. The molecule has 7 nitrogen and oxygen atoms in total. The molecule has 1 atom stereocenters. The summed E-state index contributed by atoms with van der Waals surface area (Å²) in [6.07, 6.45) is 1.54. The van der Waals surface area contributed by atoms with Crippen molar-refractivity contribution in [3.63, 3.8) is 0 Å². The lowest BCUT2D eigenvalue weighted by molar-refractivity contribution is 0.0718. The minimum atomic E-state index is -3.49. The van der Waals surface area contributed by atoms with E-state index in [1.807, 2.05) is 13.8 Å². The molecule has 1 heterocycles. The summed E-state index contributed by atoms with van der Waals surface area (Å²) in [6.45, 7) is 6.07. The van der Waals surface area contributed by atoms with Crippen LogP contribution in [0.1, 0.15) is 26.7 Å². The molecule has 1 fully saturated rings. The lowest BCUT2D eigenvalue weighted by Crippen LogP contribution is -2.38. The van der Waals surface area contributed by atoms with E-state index in [-0.39, 0.29) is 17.0 Å². The van der Waals surface area contributed by atoms with Crippen LogP contribution in [-0.2, 0) is 14.8 Å². The Morgan fingerprint density at radius 2 is 2.04 bits per heavy atom. The van der Waals surface area contributed by atoms with Crippen LogP contribution in [0.25, 0.3) is 0 Å². The number of sulfonamides is 1. The molecule has 1 saturated heterocycles.